The lowest BCUT2D eigenvalue weighted by Crippen LogP contribution is -2.29. The molecule has 0 bridgehead atoms. The minimum atomic E-state index is -4.37. The Labute approximate surface area is 109 Å². The van der Waals surface area contributed by atoms with Crippen molar-refractivity contribution < 1.29 is 22.7 Å². The van der Waals surface area contributed by atoms with E-state index in [0.29, 0.717) is 6.54 Å². The number of carbonyl (C=O) groups excluding carboxylic acids is 1. The maximum absolute atomic E-state index is 12.3. The van der Waals surface area contributed by atoms with Gasteiger partial charge in [-0.05, 0) is 30.7 Å². The molecule has 0 fully saturated rings. The molecule has 1 aromatic carbocycles. The van der Waals surface area contributed by atoms with Crippen molar-refractivity contribution in [3.8, 4) is 5.75 Å². The van der Waals surface area contributed by atoms with Crippen LogP contribution in [-0.4, -0.2) is 19.1 Å². The first-order chi connectivity index (χ1) is 8.93. The average molecular weight is 275 g/mol. The Bertz CT molecular complexity index is 401. The summed E-state index contributed by atoms with van der Waals surface area (Å²) in [5, 5.41) is 2.65. The molecule has 19 heavy (non-hydrogen) atoms. The second kappa shape index (κ2) is 7.01. The molecule has 0 spiro atoms. The van der Waals surface area contributed by atoms with Gasteiger partial charge in [-0.2, -0.15) is 13.2 Å². The van der Waals surface area contributed by atoms with Crippen LogP contribution in [0, 0.1) is 0 Å². The Morgan fingerprint density at radius 1 is 1.26 bits per heavy atom. The van der Waals surface area contributed by atoms with E-state index in [1.807, 2.05) is 6.92 Å². The van der Waals surface area contributed by atoms with Gasteiger partial charge in [0.1, 0.15) is 5.75 Å². The Hall–Kier alpha value is -1.72. The first-order valence-electron chi connectivity index (χ1n) is 6.00. The van der Waals surface area contributed by atoms with E-state index in [1.54, 1.807) is 0 Å². The normalized spacial score (nSPS) is 11.2. The number of unbranched alkanes of at least 4 members (excludes halogenated alkanes) is 1. The summed E-state index contributed by atoms with van der Waals surface area (Å²) in [4.78, 5) is 11.3. The lowest BCUT2D eigenvalue weighted by molar-refractivity contribution is -0.137. The van der Waals surface area contributed by atoms with Gasteiger partial charge in [0.05, 0.1) is 5.56 Å². The van der Waals surface area contributed by atoms with Crippen molar-refractivity contribution in [1.29, 1.82) is 0 Å². The Balaban J connectivity index is 2.40. The van der Waals surface area contributed by atoms with Crippen LogP contribution in [0.3, 0.4) is 0 Å². The molecule has 1 N–H and O–H groups in total. The molecule has 106 valence electrons. The third kappa shape index (κ3) is 5.63. The molecule has 1 amide bonds. The van der Waals surface area contributed by atoms with Crippen LogP contribution in [0.5, 0.6) is 5.75 Å². The van der Waals surface area contributed by atoms with Crippen molar-refractivity contribution >= 4 is 5.91 Å². The molecule has 3 nitrogen and oxygen atoms in total. The zero-order valence-corrected chi connectivity index (χ0v) is 10.6. The maximum atomic E-state index is 12.3. The summed E-state index contributed by atoms with van der Waals surface area (Å²) in [6, 6.07) is 4.24. The molecule has 0 aliphatic carbocycles. The molecule has 1 rings (SSSR count). The average Bonchev–Trinajstić information content (AvgIpc) is 2.36. The molecule has 0 aliphatic rings. The molecule has 0 aromatic heterocycles. The lowest BCUT2D eigenvalue weighted by Gasteiger charge is -2.09. The summed E-state index contributed by atoms with van der Waals surface area (Å²) >= 11 is 0. The molecule has 0 radical (unpaired) electrons. The number of halogens is 3. The van der Waals surface area contributed by atoms with E-state index < -0.39 is 11.7 Å². The van der Waals surface area contributed by atoms with Gasteiger partial charge in [-0.3, -0.25) is 4.79 Å². The van der Waals surface area contributed by atoms with Gasteiger partial charge >= 0.3 is 6.18 Å². The number of carbonyl (C=O) groups is 1. The van der Waals surface area contributed by atoms with Crippen LogP contribution in [0.4, 0.5) is 13.2 Å². The fourth-order valence-electron chi connectivity index (χ4n) is 1.34. The third-order valence-corrected chi connectivity index (χ3v) is 2.40. The van der Waals surface area contributed by atoms with E-state index in [1.165, 1.54) is 12.1 Å². The van der Waals surface area contributed by atoms with Crippen LogP contribution in [0.15, 0.2) is 24.3 Å². The summed E-state index contributed by atoms with van der Waals surface area (Å²) in [6.45, 7) is 2.38. The molecule has 0 heterocycles. The number of benzene rings is 1. The second-order valence-corrected chi connectivity index (χ2v) is 4.01. The summed E-state index contributed by atoms with van der Waals surface area (Å²) < 4.78 is 42.0. The number of ether oxygens (including phenoxy) is 1. The van der Waals surface area contributed by atoms with Crippen molar-refractivity contribution in [2.45, 2.75) is 25.9 Å². The molecular formula is C13H16F3NO2. The Kier molecular flexibility index (Phi) is 5.66. The topological polar surface area (TPSA) is 38.3 Å². The highest BCUT2D eigenvalue weighted by Gasteiger charge is 2.29. The molecule has 0 aliphatic heterocycles. The van der Waals surface area contributed by atoms with Gasteiger partial charge in [0, 0.05) is 6.54 Å². The van der Waals surface area contributed by atoms with Gasteiger partial charge < -0.3 is 10.1 Å². The quantitative estimate of drug-likeness (QED) is 0.810. The summed E-state index contributed by atoms with van der Waals surface area (Å²) in [6.07, 6.45) is -2.51. The fraction of sp³-hybridized carbons (Fsp3) is 0.462. The van der Waals surface area contributed by atoms with Crippen molar-refractivity contribution in [3.63, 3.8) is 0 Å². The first kappa shape index (κ1) is 15.3. The molecule has 0 atom stereocenters. The van der Waals surface area contributed by atoms with Crippen LogP contribution in [0.1, 0.15) is 25.3 Å². The minimum Gasteiger partial charge on any atom is -0.484 e. The molecule has 0 unspecified atom stereocenters. The van der Waals surface area contributed by atoms with E-state index in [-0.39, 0.29) is 18.3 Å². The van der Waals surface area contributed by atoms with Crippen LogP contribution >= 0.6 is 0 Å². The molecular weight excluding hydrogens is 259 g/mol. The summed E-state index contributed by atoms with van der Waals surface area (Å²) in [5.41, 5.74) is -0.743. The van der Waals surface area contributed by atoms with Gasteiger partial charge in [-0.1, -0.05) is 13.3 Å². The van der Waals surface area contributed by atoms with E-state index in [0.717, 1.165) is 25.0 Å². The Morgan fingerprint density at radius 3 is 2.42 bits per heavy atom. The molecule has 0 saturated carbocycles. The van der Waals surface area contributed by atoms with Crippen LogP contribution in [0.2, 0.25) is 0 Å². The lowest BCUT2D eigenvalue weighted by atomic mass is 10.2. The number of hydrogen-bond acceptors (Lipinski definition) is 2. The van der Waals surface area contributed by atoms with Gasteiger partial charge in [0.15, 0.2) is 6.61 Å². The minimum absolute atomic E-state index is 0.199. The highest BCUT2D eigenvalue weighted by Crippen LogP contribution is 2.30. The van der Waals surface area contributed by atoms with Gasteiger partial charge in [-0.25, -0.2) is 0 Å². The highest BCUT2D eigenvalue weighted by atomic mass is 19.4. The van der Waals surface area contributed by atoms with Crippen molar-refractivity contribution in [2.75, 3.05) is 13.2 Å². The number of alkyl halides is 3. The van der Waals surface area contributed by atoms with Gasteiger partial charge in [0.25, 0.3) is 5.91 Å². The van der Waals surface area contributed by atoms with E-state index in [2.05, 4.69) is 5.32 Å². The Morgan fingerprint density at radius 2 is 1.89 bits per heavy atom. The summed E-state index contributed by atoms with van der Waals surface area (Å²) in [5.74, 6) is -0.0491. The number of hydrogen-bond donors (Lipinski definition) is 1. The standard InChI is InChI=1S/C13H16F3NO2/c1-2-3-8-17-12(18)9-19-11-6-4-10(5-7-11)13(14,15)16/h4-7H,2-3,8-9H2,1H3,(H,17,18). The van der Waals surface area contributed by atoms with Gasteiger partial charge in [-0.15, -0.1) is 0 Å². The van der Waals surface area contributed by atoms with Crippen molar-refractivity contribution in [3.05, 3.63) is 29.8 Å². The third-order valence-electron chi connectivity index (χ3n) is 2.40. The van der Waals surface area contributed by atoms with Crippen LogP contribution in [-0.2, 0) is 11.0 Å². The van der Waals surface area contributed by atoms with Crippen LogP contribution in [0.25, 0.3) is 0 Å². The zero-order valence-electron chi connectivity index (χ0n) is 10.6. The number of rotatable bonds is 6. The number of nitrogens with one attached hydrogen (secondary N) is 1. The van der Waals surface area contributed by atoms with Crippen molar-refractivity contribution in [1.82, 2.24) is 5.32 Å². The predicted molar refractivity (Wildman–Crippen MR) is 64.9 cm³/mol. The predicted octanol–water partition coefficient (Wildman–Crippen LogP) is 3.00. The first-order valence-corrected chi connectivity index (χ1v) is 6.00. The molecule has 6 heteroatoms. The zero-order chi connectivity index (χ0) is 14.3. The van der Waals surface area contributed by atoms with E-state index >= 15 is 0 Å². The number of amides is 1. The molecule has 0 saturated heterocycles. The van der Waals surface area contributed by atoms with E-state index in [4.69, 9.17) is 4.74 Å². The monoisotopic (exact) mass is 275 g/mol. The van der Waals surface area contributed by atoms with Gasteiger partial charge in [0.2, 0.25) is 0 Å². The highest BCUT2D eigenvalue weighted by molar-refractivity contribution is 5.77. The smallest absolute Gasteiger partial charge is 0.416 e. The second-order valence-electron chi connectivity index (χ2n) is 4.01. The molecule has 1 aromatic rings. The van der Waals surface area contributed by atoms with E-state index in [9.17, 15) is 18.0 Å². The SMILES string of the molecule is CCCCNC(=O)COc1ccc(C(F)(F)F)cc1. The van der Waals surface area contributed by atoms with Crippen LogP contribution < -0.4 is 10.1 Å². The maximum Gasteiger partial charge on any atom is 0.416 e. The summed E-state index contributed by atoms with van der Waals surface area (Å²) in [7, 11) is 0. The fourth-order valence-corrected chi connectivity index (χ4v) is 1.34. The largest absolute Gasteiger partial charge is 0.484 e. The van der Waals surface area contributed by atoms with Crippen molar-refractivity contribution in [2.24, 2.45) is 0 Å².